The minimum atomic E-state index is 0.640. The number of imidazole rings is 1. The van der Waals surface area contributed by atoms with Crippen molar-refractivity contribution in [2.24, 2.45) is 0 Å². The third kappa shape index (κ3) is 2.74. The Morgan fingerprint density at radius 2 is 1.93 bits per heavy atom. The summed E-state index contributed by atoms with van der Waals surface area (Å²) in [7, 11) is 0. The standard InChI is InChI=1S/C21H21N7O/c1-2-7-27(6-1)15-10-17-19-18(11-15)29-9-3-8-28(19)21(25-17)16-5-4-14(12-22-16)20-23-13-24-26-20/h4-5,10-13H,1-3,6-9H2,(H,23,24,26). The number of hydrogen-bond donors (Lipinski definition) is 1. The molecule has 29 heavy (non-hydrogen) atoms. The summed E-state index contributed by atoms with van der Waals surface area (Å²) in [4.78, 5) is 16.3. The molecule has 146 valence electrons. The Bertz CT molecular complexity index is 1160. The maximum absolute atomic E-state index is 6.11. The lowest BCUT2D eigenvalue weighted by Crippen LogP contribution is -2.17. The predicted molar refractivity (Wildman–Crippen MR) is 110 cm³/mol. The number of aromatic nitrogens is 6. The third-order valence-electron chi connectivity index (χ3n) is 5.71. The number of benzene rings is 1. The molecule has 1 N–H and O–H groups in total. The first-order chi connectivity index (χ1) is 14.4. The van der Waals surface area contributed by atoms with E-state index in [9.17, 15) is 0 Å². The summed E-state index contributed by atoms with van der Waals surface area (Å²) in [5.74, 6) is 2.45. The van der Waals surface area contributed by atoms with Crippen LogP contribution in [0, 0.1) is 0 Å². The van der Waals surface area contributed by atoms with E-state index in [2.05, 4.69) is 41.8 Å². The van der Waals surface area contributed by atoms with Gasteiger partial charge in [-0.1, -0.05) is 0 Å². The number of anilines is 1. The van der Waals surface area contributed by atoms with E-state index >= 15 is 0 Å². The molecule has 0 radical (unpaired) electrons. The quantitative estimate of drug-likeness (QED) is 0.581. The molecule has 0 spiro atoms. The third-order valence-corrected chi connectivity index (χ3v) is 5.71. The van der Waals surface area contributed by atoms with Gasteiger partial charge in [0.1, 0.15) is 23.3 Å². The lowest BCUT2D eigenvalue weighted by atomic mass is 10.2. The van der Waals surface area contributed by atoms with E-state index in [0.717, 1.165) is 66.5 Å². The van der Waals surface area contributed by atoms with Crippen molar-refractivity contribution in [1.29, 1.82) is 0 Å². The Hall–Kier alpha value is -3.42. The van der Waals surface area contributed by atoms with Crippen molar-refractivity contribution in [3.63, 3.8) is 0 Å². The van der Waals surface area contributed by atoms with Gasteiger partial charge in [0.2, 0.25) is 0 Å². The van der Waals surface area contributed by atoms with Gasteiger partial charge in [-0.3, -0.25) is 10.1 Å². The summed E-state index contributed by atoms with van der Waals surface area (Å²) in [6.07, 6.45) is 6.80. The highest BCUT2D eigenvalue weighted by atomic mass is 16.5. The van der Waals surface area contributed by atoms with Crippen LogP contribution in [0.15, 0.2) is 36.8 Å². The second-order valence-electron chi connectivity index (χ2n) is 7.55. The largest absolute Gasteiger partial charge is 0.491 e. The molecule has 0 atom stereocenters. The van der Waals surface area contributed by atoms with E-state index in [1.807, 2.05) is 12.1 Å². The molecular formula is C21H21N7O. The monoisotopic (exact) mass is 387 g/mol. The zero-order chi connectivity index (χ0) is 19.2. The molecular weight excluding hydrogens is 366 g/mol. The first-order valence-corrected chi connectivity index (χ1v) is 10.1. The zero-order valence-electron chi connectivity index (χ0n) is 16.0. The Labute approximate surface area is 167 Å². The van der Waals surface area contributed by atoms with Gasteiger partial charge in [0.25, 0.3) is 0 Å². The molecule has 0 unspecified atom stereocenters. The van der Waals surface area contributed by atoms with Gasteiger partial charge in [-0.15, -0.1) is 0 Å². The van der Waals surface area contributed by atoms with E-state index in [0.29, 0.717) is 5.82 Å². The van der Waals surface area contributed by atoms with Gasteiger partial charge in [0, 0.05) is 43.1 Å². The number of hydrogen-bond acceptors (Lipinski definition) is 6. The maximum atomic E-state index is 6.11. The molecule has 1 fully saturated rings. The van der Waals surface area contributed by atoms with Crippen molar-refractivity contribution in [3.05, 3.63) is 36.8 Å². The average Bonchev–Trinajstić information content (AvgIpc) is 3.49. The summed E-state index contributed by atoms with van der Waals surface area (Å²) in [5, 5.41) is 6.86. The van der Waals surface area contributed by atoms with Crippen molar-refractivity contribution >= 4 is 16.7 Å². The molecule has 3 aromatic heterocycles. The normalized spacial score (nSPS) is 16.2. The lowest BCUT2D eigenvalue weighted by molar-refractivity contribution is 0.316. The SMILES string of the molecule is c1nc(-c2ccc(-c3nc4cc(N5CCCC5)cc5c4n3CCCO5)nc2)n[nH]1. The summed E-state index contributed by atoms with van der Waals surface area (Å²) in [5.41, 5.74) is 4.97. The molecule has 6 rings (SSSR count). The fourth-order valence-electron chi connectivity index (χ4n) is 4.31. The number of nitrogens with zero attached hydrogens (tertiary/aromatic N) is 6. The molecule has 0 saturated carbocycles. The van der Waals surface area contributed by atoms with E-state index in [1.165, 1.54) is 18.5 Å². The summed E-state index contributed by atoms with van der Waals surface area (Å²) >= 11 is 0. The van der Waals surface area contributed by atoms with E-state index in [-0.39, 0.29) is 0 Å². The molecule has 8 heteroatoms. The average molecular weight is 387 g/mol. The Morgan fingerprint density at radius 3 is 2.72 bits per heavy atom. The highest BCUT2D eigenvalue weighted by Crippen LogP contribution is 2.37. The number of pyridine rings is 1. The van der Waals surface area contributed by atoms with Gasteiger partial charge in [-0.05, 0) is 37.5 Å². The van der Waals surface area contributed by atoms with Crippen molar-refractivity contribution < 1.29 is 4.74 Å². The van der Waals surface area contributed by atoms with Crippen molar-refractivity contribution in [1.82, 2.24) is 29.7 Å². The van der Waals surface area contributed by atoms with Crippen LogP contribution < -0.4 is 9.64 Å². The Kier molecular flexibility index (Phi) is 3.75. The number of aryl methyl sites for hydroxylation is 1. The van der Waals surface area contributed by atoms with Crippen molar-refractivity contribution in [3.8, 4) is 28.7 Å². The lowest BCUT2D eigenvalue weighted by Gasteiger charge is -2.18. The van der Waals surface area contributed by atoms with Gasteiger partial charge in [-0.25, -0.2) is 9.97 Å². The second-order valence-corrected chi connectivity index (χ2v) is 7.55. The number of ether oxygens (including phenoxy) is 1. The first kappa shape index (κ1) is 16.5. The van der Waals surface area contributed by atoms with Crippen LogP contribution in [-0.4, -0.2) is 49.4 Å². The van der Waals surface area contributed by atoms with Crippen LogP contribution in [0.1, 0.15) is 19.3 Å². The van der Waals surface area contributed by atoms with Crippen LogP contribution in [0.4, 0.5) is 5.69 Å². The minimum absolute atomic E-state index is 0.640. The molecule has 0 bridgehead atoms. The number of H-pyrrole nitrogens is 1. The molecule has 0 amide bonds. The molecule has 5 heterocycles. The summed E-state index contributed by atoms with van der Waals surface area (Å²) < 4.78 is 8.36. The van der Waals surface area contributed by atoms with Crippen LogP contribution in [0.25, 0.3) is 33.9 Å². The number of nitrogens with one attached hydrogen (secondary N) is 1. The molecule has 1 saturated heterocycles. The van der Waals surface area contributed by atoms with Crippen LogP contribution in [0.3, 0.4) is 0 Å². The van der Waals surface area contributed by atoms with Gasteiger partial charge in [0.15, 0.2) is 11.6 Å². The molecule has 8 nitrogen and oxygen atoms in total. The number of rotatable bonds is 3. The zero-order valence-corrected chi connectivity index (χ0v) is 16.0. The predicted octanol–water partition coefficient (Wildman–Crippen LogP) is 3.27. The summed E-state index contributed by atoms with van der Waals surface area (Å²) in [6, 6.07) is 8.35. The van der Waals surface area contributed by atoms with Crippen LogP contribution in [0.2, 0.25) is 0 Å². The van der Waals surface area contributed by atoms with E-state index < -0.39 is 0 Å². The molecule has 1 aromatic carbocycles. The van der Waals surface area contributed by atoms with Gasteiger partial charge in [0.05, 0.1) is 12.1 Å². The molecule has 0 aliphatic carbocycles. The second kappa shape index (κ2) is 6.58. The maximum Gasteiger partial charge on any atom is 0.182 e. The number of aromatic amines is 1. The van der Waals surface area contributed by atoms with Gasteiger partial charge < -0.3 is 14.2 Å². The van der Waals surface area contributed by atoms with Crippen LogP contribution in [-0.2, 0) is 6.54 Å². The minimum Gasteiger partial charge on any atom is -0.491 e. The summed E-state index contributed by atoms with van der Waals surface area (Å²) in [6.45, 7) is 3.79. The van der Waals surface area contributed by atoms with Gasteiger partial charge >= 0.3 is 0 Å². The molecule has 2 aliphatic heterocycles. The first-order valence-electron chi connectivity index (χ1n) is 10.1. The fraction of sp³-hybridized carbons (Fsp3) is 0.333. The van der Waals surface area contributed by atoms with Crippen molar-refractivity contribution in [2.45, 2.75) is 25.8 Å². The van der Waals surface area contributed by atoms with Gasteiger partial charge in [-0.2, -0.15) is 5.10 Å². The van der Waals surface area contributed by atoms with E-state index in [4.69, 9.17) is 9.72 Å². The van der Waals surface area contributed by atoms with E-state index in [1.54, 1.807) is 12.5 Å². The Balaban J connectivity index is 1.47. The molecule has 4 aromatic rings. The highest BCUT2D eigenvalue weighted by Gasteiger charge is 2.23. The van der Waals surface area contributed by atoms with Crippen LogP contribution >= 0.6 is 0 Å². The topological polar surface area (TPSA) is 84.8 Å². The molecule has 2 aliphatic rings. The fourth-order valence-corrected chi connectivity index (χ4v) is 4.31. The highest BCUT2D eigenvalue weighted by molar-refractivity contribution is 5.89. The Morgan fingerprint density at radius 1 is 1.00 bits per heavy atom. The smallest absolute Gasteiger partial charge is 0.182 e. The van der Waals surface area contributed by atoms with Crippen molar-refractivity contribution in [2.75, 3.05) is 24.6 Å². The van der Waals surface area contributed by atoms with Crippen LogP contribution in [0.5, 0.6) is 5.75 Å².